The first-order valence-electron chi connectivity index (χ1n) is 12.0. The van der Waals surface area contributed by atoms with E-state index < -0.39 is 17.7 Å². The van der Waals surface area contributed by atoms with Crippen LogP contribution in [0.1, 0.15) is 36.8 Å². The van der Waals surface area contributed by atoms with Gasteiger partial charge in [-0.2, -0.15) is 5.26 Å². The van der Waals surface area contributed by atoms with Gasteiger partial charge < -0.3 is 29.4 Å². The van der Waals surface area contributed by atoms with Crippen LogP contribution >= 0.6 is 0 Å². The maximum atomic E-state index is 13.0. The van der Waals surface area contributed by atoms with E-state index in [1.807, 2.05) is 12.1 Å². The van der Waals surface area contributed by atoms with E-state index in [1.165, 1.54) is 30.3 Å². The number of nitriles is 1. The first kappa shape index (κ1) is 26.4. The summed E-state index contributed by atoms with van der Waals surface area (Å²) in [7, 11) is 1.56. The Balaban J connectivity index is 1.55. The number of benzene rings is 3. The zero-order valence-electron chi connectivity index (χ0n) is 21.0. The molecule has 3 aromatic carbocycles. The number of esters is 1. The van der Waals surface area contributed by atoms with Gasteiger partial charge in [-0.3, -0.25) is 0 Å². The molecule has 0 amide bonds. The van der Waals surface area contributed by atoms with Crippen molar-refractivity contribution in [1.29, 1.82) is 5.26 Å². The molecule has 38 heavy (non-hydrogen) atoms. The molecule has 2 N–H and O–H groups in total. The molecule has 0 aliphatic carbocycles. The van der Waals surface area contributed by atoms with Gasteiger partial charge in [-0.25, -0.2) is 9.18 Å². The summed E-state index contributed by atoms with van der Waals surface area (Å²) in [5.41, 5.74) is 7.78. The van der Waals surface area contributed by atoms with Crippen molar-refractivity contribution in [3.63, 3.8) is 0 Å². The molecule has 0 radical (unpaired) electrons. The molecular weight excluding hydrogens is 491 g/mol. The normalized spacial score (nSPS) is 14.1. The Bertz CT molecular complexity index is 1380. The van der Waals surface area contributed by atoms with Crippen molar-refractivity contribution in [3.8, 4) is 34.8 Å². The van der Waals surface area contributed by atoms with Crippen LogP contribution in [0.5, 0.6) is 28.7 Å². The number of allylic oxidation sites excluding steroid dienone is 1. The maximum absolute atomic E-state index is 13.0. The highest BCUT2D eigenvalue weighted by atomic mass is 19.1. The number of rotatable bonds is 10. The molecule has 0 spiro atoms. The molecule has 9 heteroatoms. The summed E-state index contributed by atoms with van der Waals surface area (Å²) in [6.45, 7) is 2.28. The third-order valence-electron chi connectivity index (χ3n) is 5.87. The Hall–Kier alpha value is -4.71. The van der Waals surface area contributed by atoms with E-state index in [0.717, 1.165) is 18.4 Å². The first-order chi connectivity index (χ1) is 18.4. The van der Waals surface area contributed by atoms with Crippen LogP contribution in [0.3, 0.4) is 0 Å². The van der Waals surface area contributed by atoms with Crippen LogP contribution in [0.25, 0.3) is 0 Å². The minimum absolute atomic E-state index is 0.0460. The summed E-state index contributed by atoms with van der Waals surface area (Å²) in [5, 5.41) is 9.86. The van der Waals surface area contributed by atoms with E-state index in [-0.39, 0.29) is 23.8 Å². The van der Waals surface area contributed by atoms with Crippen LogP contribution in [-0.2, 0) is 4.79 Å². The van der Waals surface area contributed by atoms with E-state index in [1.54, 1.807) is 25.3 Å². The fourth-order valence-electron chi connectivity index (χ4n) is 3.99. The summed E-state index contributed by atoms with van der Waals surface area (Å²) in [5.74, 6) is 0.385. The largest absolute Gasteiger partial charge is 0.493 e. The summed E-state index contributed by atoms with van der Waals surface area (Å²) in [6.07, 6.45) is 1.93. The quantitative estimate of drug-likeness (QED) is 0.221. The van der Waals surface area contributed by atoms with Gasteiger partial charge in [0.1, 0.15) is 34.7 Å². The predicted molar refractivity (Wildman–Crippen MR) is 137 cm³/mol. The van der Waals surface area contributed by atoms with E-state index in [9.17, 15) is 14.4 Å². The van der Waals surface area contributed by atoms with Gasteiger partial charge in [-0.1, -0.05) is 25.5 Å². The molecule has 0 aromatic heterocycles. The Morgan fingerprint density at radius 2 is 1.82 bits per heavy atom. The minimum Gasteiger partial charge on any atom is -0.493 e. The third-order valence-corrected chi connectivity index (χ3v) is 5.87. The summed E-state index contributed by atoms with van der Waals surface area (Å²) in [4.78, 5) is 12.3. The van der Waals surface area contributed by atoms with Crippen molar-refractivity contribution >= 4 is 5.97 Å². The van der Waals surface area contributed by atoms with Crippen LogP contribution < -0.4 is 29.4 Å². The number of carbonyl (C=O) groups is 1. The Morgan fingerprint density at radius 3 is 2.53 bits per heavy atom. The molecule has 8 nitrogen and oxygen atoms in total. The lowest BCUT2D eigenvalue weighted by atomic mass is 9.83. The molecule has 1 atom stereocenters. The minimum atomic E-state index is -0.661. The van der Waals surface area contributed by atoms with Crippen molar-refractivity contribution in [3.05, 3.63) is 89.1 Å². The highest BCUT2D eigenvalue weighted by Crippen LogP contribution is 2.45. The molecule has 1 heterocycles. The Kier molecular flexibility index (Phi) is 8.34. The number of ether oxygens (including phenoxy) is 5. The van der Waals surface area contributed by atoms with Crippen molar-refractivity contribution in [2.24, 2.45) is 5.73 Å². The van der Waals surface area contributed by atoms with Gasteiger partial charge in [0, 0.05) is 11.6 Å². The van der Waals surface area contributed by atoms with Crippen LogP contribution in [-0.4, -0.2) is 26.3 Å². The fraction of sp³-hybridized carbons (Fsp3) is 0.241. The zero-order valence-corrected chi connectivity index (χ0v) is 21.0. The average Bonchev–Trinajstić information content (AvgIpc) is 2.92. The Morgan fingerprint density at radius 1 is 1.05 bits per heavy atom. The predicted octanol–water partition coefficient (Wildman–Crippen LogP) is 5.22. The first-order valence-corrected chi connectivity index (χ1v) is 12.0. The number of carbonyl (C=O) groups excluding carboxylic acids is 1. The molecular formula is C29H27FN2O6. The second-order valence-corrected chi connectivity index (χ2v) is 8.45. The fourth-order valence-corrected chi connectivity index (χ4v) is 3.99. The van der Waals surface area contributed by atoms with E-state index in [2.05, 4.69) is 13.0 Å². The lowest BCUT2D eigenvalue weighted by Gasteiger charge is -2.27. The summed E-state index contributed by atoms with van der Waals surface area (Å²) in [6, 6.07) is 17.8. The molecule has 0 fully saturated rings. The molecule has 4 rings (SSSR count). The van der Waals surface area contributed by atoms with Crippen LogP contribution in [0, 0.1) is 17.1 Å². The van der Waals surface area contributed by atoms with Gasteiger partial charge in [0.2, 0.25) is 5.88 Å². The number of nitrogens with two attached hydrogens (primary N) is 1. The number of halogens is 1. The summed E-state index contributed by atoms with van der Waals surface area (Å²) < 4.78 is 40.8. The monoisotopic (exact) mass is 518 g/mol. The van der Waals surface area contributed by atoms with Gasteiger partial charge >= 0.3 is 5.97 Å². The van der Waals surface area contributed by atoms with Crippen molar-refractivity contribution in [2.75, 3.05) is 20.3 Å². The van der Waals surface area contributed by atoms with E-state index in [4.69, 9.17) is 29.4 Å². The van der Waals surface area contributed by atoms with Gasteiger partial charge in [-0.15, -0.1) is 0 Å². The molecule has 0 bridgehead atoms. The lowest BCUT2D eigenvalue weighted by molar-refractivity contribution is -0.136. The van der Waals surface area contributed by atoms with Crippen molar-refractivity contribution in [2.45, 2.75) is 25.7 Å². The molecule has 0 saturated carbocycles. The van der Waals surface area contributed by atoms with E-state index >= 15 is 0 Å². The van der Waals surface area contributed by atoms with Gasteiger partial charge in [-0.05, 0) is 54.4 Å². The molecule has 1 aliphatic heterocycles. The smallest absolute Gasteiger partial charge is 0.349 e. The highest BCUT2D eigenvalue weighted by Gasteiger charge is 2.31. The van der Waals surface area contributed by atoms with Gasteiger partial charge in [0.05, 0.1) is 19.6 Å². The number of hydrogen-bond donors (Lipinski definition) is 1. The second kappa shape index (κ2) is 12.0. The molecule has 1 aliphatic rings. The number of hydrogen-bond acceptors (Lipinski definition) is 8. The molecule has 3 aromatic rings. The van der Waals surface area contributed by atoms with Crippen LogP contribution in [0.4, 0.5) is 4.39 Å². The third kappa shape index (κ3) is 5.98. The van der Waals surface area contributed by atoms with Crippen molar-refractivity contribution < 1.29 is 32.9 Å². The standard InChI is InChI=1S/C29H27FN2O6/c1-3-4-13-35-24-12-5-18(14-26(24)34-2)28-22-11-10-21(15-25(22)38-29(32)23(28)16-31)37-27(33)17-36-20-8-6-19(30)7-9-20/h5-12,14-15,28H,3-4,13,17,32H2,1-2H3. The number of unbranched alkanes of at least 4 members (excludes halogenated alkanes) is 1. The Labute approximate surface area is 219 Å². The van der Waals surface area contributed by atoms with Crippen LogP contribution in [0.15, 0.2) is 72.1 Å². The van der Waals surface area contributed by atoms with Crippen molar-refractivity contribution in [1.82, 2.24) is 0 Å². The lowest BCUT2D eigenvalue weighted by Crippen LogP contribution is -2.22. The van der Waals surface area contributed by atoms with E-state index in [0.29, 0.717) is 35.2 Å². The summed E-state index contributed by atoms with van der Waals surface area (Å²) >= 11 is 0. The molecule has 0 saturated heterocycles. The maximum Gasteiger partial charge on any atom is 0.349 e. The average molecular weight is 519 g/mol. The van der Waals surface area contributed by atoms with Gasteiger partial charge in [0.25, 0.3) is 0 Å². The van der Waals surface area contributed by atoms with Crippen LogP contribution in [0.2, 0.25) is 0 Å². The zero-order chi connectivity index (χ0) is 27.1. The number of fused-ring (bicyclic) bond motifs is 1. The number of methoxy groups -OCH3 is 1. The number of nitrogens with zero attached hydrogens (tertiary/aromatic N) is 1. The van der Waals surface area contributed by atoms with Gasteiger partial charge in [0.15, 0.2) is 18.1 Å². The topological polar surface area (TPSA) is 113 Å². The second-order valence-electron chi connectivity index (χ2n) is 8.45. The molecule has 1 unspecified atom stereocenters. The highest BCUT2D eigenvalue weighted by molar-refractivity contribution is 5.74. The molecule has 196 valence electrons. The SMILES string of the molecule is CCCCOc1ccc(C2C(C#N)=C(N)Oc3cc(OC(=O)COc4ccc(F)cc4)ccc32)cc1OC.